The van der Waals surface area contributed by atoms with E-state index in [0.717, 1.165) is 36.2 Å². The number of ether oxygens (including phenoxy) is 1. The molecule has 0 spiro atoms. The molecule has 1 atom stereocenters. The maximum Gasteiger partial charge on any atom is 0.236 e. The van der Waals surface area contributed by atoms with Crippen molar-refractivity contribution in [2.75, 3.05) is 38.7 Å². The van der Waals surface area contributed by atoms with Crippen LogP contribution in [-0.4, -0.2) is 60.6 Å². The second-order valence-electron chi connectivity index (χ2n) is 5.65. The topological polar surface area (TPSA) is 84.6 Å². The number of anilines is 1. The van der Waals surface area contributed by atoms with Crippen molar-refractivity contribution < 1.29 is 9.53 Å². The number of methoxy groups -OCH3 is 1. The van der Waals surface area contributed by atoms with Gasteiger partial charge in [-0.15, -0.1) is 0 Å². The highest BCUT2D eigenvalue weighted by atomic mass is 16.5. The van der Waals surface area contributed by atoms with Gasteiger partial charge in [-0.1, -0.05) is 0 Å². The van der Waals surface area contributed by atoms with Gasteiger partial charge in [0.15, 0.2) is 0 Å². The number of aromatic nitrogens is 2. The maximum atomic E-state index is 11.8. The molecule has 1 aliphatic heterocycles. The Kier molecular flexibility index (Phi) is 4.29. The molecule has 7 nitrogen and oxygen atoms in total. The van der Waals surface area contributed by atoms with Crippen molar-refractivity contribution in [3.05, 3.63) is 24.4 Å². The summed E-state index contributed by atoms with van der Waals surface area (Å²) in [4.78, 5) is 24.7. The van der Waals surface area contributed by atoms with E-state index in [0.29, 0.717) is 5.88 Å². The molecule has 122 valence electrons. The van der Waals surface area contributed by atoms with Crippen molar-refractivity contribution in [2.45, 2.75) is 12.5 Å². The van der Waals surface area contributed by atoms with Crippen LogP contribution in [-0.2, 0) is 4.79 Å². The van der Waals surface area contributed by atoms with Crippen molar-refractivity contribution in [1.82, 2.24) is 14.9 Å². The Morgan fingerprint density at radius 2 is 2.30 bits per heavy atom. The fourth-order valence-electron chi connectivity index (χ4n) is 2.99. The quantitative estimate of drug-likeness (QED) is 0.891. The molecular weight excluding hydrogens is 294 g/mol. The molecule has 23 heavy (non-hydrogen) atoms. The summed E-state index contributed by atoms with van der Waals surface area (Å²) in [6.07, 6.45) is 2.70. The number of amides is 1. The summed E-state index contributed by atoms with van der Waals surface area (Å²) in [6, 6.07) is 5.84. The zero-order valence-corrected chi connectivity index (χ0v) is 13.4. The monoisotopic (exact) mass is 315 g/mol. The first kappa shape index (κ1) is 15.5. The van der Waals surface area contributed by atoms with Gasteiger partial charge in [0, 0.05) is 32.4 Å². The Morgan fingerprint density at radius 3 is 3.04 bits per heavy atom. The lowest BCUT2D eigenvalue weighted by molar-refractivity contribution is -0.130. The molecule has 0 radical (unpaired) electrons. The molecule has 1 amide bonds. The third kappa shape index (κ3) is 2.92. The molecule has 7 heteroatoms. The summed E-state index contributed by atoms with van der Waals surface area (Å²) in [5.74, 6) is 0.536. The Morgan fingerprint density at radius 1 is 1.48 bits per heavy atom. The molecule has 1 unspecified atom stereocenters. The Balaban J connectivity index is 1.88. The van der Waals surface area contributed by atoms with E-state index in [4.69, 9.17) is 10.5 Å². The molecular formula is C16H21N5O2. The van der Waals surface area contributed by atoms with Gasteiger partial charge in [-0.05, 0) is 18.6 Å². The summed E-state index contributed by atoms with van der Waals surface area (Å²) in [5, 5.41) is 0. The van der Waals surface area contributed by atoms with Crippen LogP contribution >= 0.6 is 0 Å². The van der Waals surface area contributed by atoms with Gasteiger partial charge in [0.2, 0.25) is 11.8 Å². The van der Waals surface area contributed by atoms with Crippen LogP contribution in [0.3, 0.4) is 0 Å². The van der Waals surface area contributed by atoms with Gasteiger partial charge in [0.1, 0.15) is 5.52 Å². The van der Waals surface area contributed by atoms with E-state index in [1.165, 1.54) is 0 Å². The number of hydrogen-bond acceptors (Lipinski definition) is 6. The van der Waals surface area contributed by atoms with Crippen molar-refractivity contribution >= 4 is 22.6 Å². The van der Waals surface area contributed by atoms with Gasteiger partial charge in [-0.2, -0.15) is 0 Å². The zero-order chi connectivity index (χ0) is 16.4. The summed E-state index contributed by atoms with van der Waals surface area (Å²) in [5.41, 5.74) is 8.13. The Labute approximate surface area is 135 Å². The predicted molar refractivity (Wildman–Crippen MR) is 88.5 cm³/mol. The second kappa shape index (κ2) is 6.37. The van der Waals surface area contributed by atoms with Crippen LogP contribution < -0.4 is 15.4 Å². The van der Waals surface area contributed by atoms with Gasteiger partial charge in [-0.25, -0.2) is 4.98 Å². The highest BCUT2D eigenvalue weighted by Gasteiger charge is 2.29. The molecule has 1 fully saturated rings. The number of fused-ring (bicyclic) bond motifs is 1. The zero-order valence-electron chi connectivity index (χ0n) is 13.4. The lowest BCUT2D eigenvalue weighted by Gasteiger charge is -2.25. The van der Waals surface area contributed by atoms with Crippen LogP contribution in [0.25, 0.3) is 11.0 Å². The first-order valence-corrected chi connectivity index (χ1v) is 7.64. The number of carbonyl (C=O) groups excluding carboxylic acids is 1. The molecule has 2 aromatic heterocycles. The van der Waals surface area contributed by atoms with Crippen molar-refractivity contribution in [3.63, 3.8) is 0 Å². The van der Waals surface area contributed by atoms with E-state index >= 15 is 0 Å². The number of nitrogens with two attached hydrogens (primary N) is 1. The van der Waals surface area contributed by atoms with E-state index in [1.807, 2.05) is 19.2 Å². The van der Waals surface area contributed by atoms with Gasteiger partial charge in [-0.3, -0.25) is 9.78 Å². The van der Waals surface area contributed by atoms with E-state index in [2.05, 4.69) is 14.9 Å². The predicted octanol–water partition coefficient (Wildman–Crippen LogP) is 0.634. The standard InChI is InChI=1S/C16H21N5O2/c1-20(15(22)9-17)11-6-8-21(10-11)13-5-7-18-12-3-4-14(23-2)19-16(12)13/h3-5,7,11H,6,8-10,17H2,1-2H3. The molecule has 3 rings (SSSR count). The highest BCUT2D eigenvalue weighted by Crippen LogP contribution is 2.29. The summed E-state index contributed by atoms with van der Waals surface area (Å²) in [6.45, 7) is 1.68. The van der Waals surface area contributed by atoms with Crippen molar-refractivity contribution in [1.29, 1.82) is 0 Å². The van der Waals surface area contributed by atoms with Crippen LogP contribution in [0.5, 0.6) is 5.88 Å². The minimum atomic E-state index is -0.0313. The highest BCUT2D eigenvalue weighted by molar-refractivity contribution is 5.88. The maximum absolute atomic E-state index is 11.8. The first-order chi connectivity index (χ1) is 11.1. The Hall–Kier alpha value is -2.41. The molecule has 2 N–H and O–H groups in total. The molecule has 1 aliphatic rings. The molecule has 0 saturated carbocycles. The average Bonchev–Trinajstić information content (AvgIpc) is 3.09. The fraction of sp³-hybridized carbons (Fsp3) is 0.438. The van der Waals surface area contributed by atoms with E-state index in [9.17, 15) is 4.79 Å². The van der Waals surface area contributed by atoms with Crippen molar-refractivity contribution in [3.8, 4) is 5.88 Å². The lowest BCUT2D eigenvalue weighted by atomic mass is 10.2. The van der Waals surface area contributed by atoms with E-state index in [1.54, 1.807) is 24.3 Å². The van der Waals surface area contributed by atoms with Gasteiger partial charge < -0.3 is 20.3 Å². The fourth-order valence-corrected chi connectivity index (χ4v) is 2.99. The summed E-state index contributed by atoms with van der Waals surface area (Å²) < 4.78 is 5.22. The van der Waals surface area contributed by atoms with Crippen LogP contribution in [0.15, 0.2) is 24.4 Å². The van der Waals surface area contributed by atoms with Crippen LogP contribution in [0, 0.1) is 0 Å². The third-order valence-corrected chi connectivity index (χ3v) is 4.37. The summed E-state index contributed by atoms with van der Waals surface area (Å²) in [7, 11) is 3.42. The minimum absolute atomic E-state index is 0.0313. The third-order valence-electron chi connectivity index (χ3n) is 4.37. The average molecular weight is 315 g/mol. The van der Waals surface area contributed by atoms with Gasteiger partial charge >= 0.3 is 0 Å². The minimum Gasteiger partial charge on any atom is -0.481 e. The number of hydrogen-bond donors (Lipinski definition) is 1. The van der Waals surface area contributed by atoms with Crippen molar-refractivity contribution in [2.24, 2.45) is 5.73 Å². The number of nitrogens with zero attached hydrogens (tertiary/aromatic N) is 4. The SMILES string of the molecule is COc1ccc2nccc(N3CCC(N(C)C(=O)CN)C3)c2n1. The molecule has 3 heterocycles. The number of pyridine rings is 2. The molecule has 1 saturated heterocycles. The van der Waals surface area contributed by atoms with Crippen LogP contribution in [0.2, 0.25) is 0 Å². The number of rotatable bonds is 4. The Bertz CT molecular complexity index is 721. The van der Waals surface area contributed by atoms with Gasteiger partial charge in [0.25, 0.3) is 0 Å². The summed E-state index contributed by atoms with van der Waals surface area (Å²) >= 11 is 0. The second-order valence-corrected chi connectivity index (χ2v) is 5.65. The largest absolute Gasteiger partial charge is 0.481 e. The molecule has 0 aliphatic carbocycles. The van der Waals surface area contributed by atoms with Crippen LogP contribution in [0.4, 0.5) is 5.69 Å². The molecule has 0 bridgehead atoms. The number of carbonyl (C=O) groups is 1. The number of likely N-dealkylation sites (N-methyl/N-ethyl adjacent to an activating group) is 1. The lowest BCUT2D eigenvalue weighted by Crippen LogP contribution is -2.42. The normalized spacial score (nSPS) is 17.5. The van der Waals surface area contributed by atoms with Crippen LogP contribution in [0.1, 0.15) is 6.42 Å². The van der Waals surface area contributed by atoms with E-state index in [-0.39, 0.29) is 18.5 Å². The smallest absolute Gasteiger partial charge is 0.236 e. The molecule has 2 aromatic rings. The molecule has 0 aromatic carbocycles. The van der Waals surface area contributed by atoms with E-state index < -0.39 is 0 Å². The van der Waals surface area contributed by atoms with Gasteiger partial charge in [0.05, 0.1) is 30.9 Å². The first-order valence-electron chi connectivity index (χ1n) is 7.64.